The number of carbonyl (C=O) groups is 1. The molecule has 3 aromatic carbocycles. The van der Waals surface area contributed by atoms with Gasteiger partial charge in [0, 0.05) is 5.56 Å². The molecule has 4 rings (SSSR count). The lowest BCUT2D eigenvalue weighted by atomic mass is 10.2. The van der Waals surface area contributed by atoms with Gasteiger partial charge in [0.15, 0.2) is 0 Å². The van der Waals surface area contributed by atoms with Gasteiger partial charge in [-0.1, -0.05) is 24.3 Å². The van der Waals surface area contributed by atoms with Gasteiger partial charge in [0.25, 0.3) is 0 Å². The van der Waals surface area contributed by atoms with Gasteiger partial charge in [-0.3, -0.25) is 4.79 Å². The fourth-order valence-electron chi connectivity index (χ4n) is 3.04. The zero-order valence-electron chi connectivity index (χ0n) is 14.9. The monoisotopic (exact) mass is 376 g/mol. The Balaban J connectivity index is 1.58. The number of carboxylic acids is 1. The lowest BCUT2D eigenvalue weighted by molar-refractivity contribution is -0.137. The van der Waals surface area contributed by atoms with Crippen LogP contribution in [0.2, 0.25) is 0 Å². The third-order valence-corrected chi connectivity index (χ3v) is 4.38. The molecular weight excluding hydrogens is 359 g/mol. The molecule has 0 radical (unpaired) electrons. The van der Waals surface area contributed by atoms with E-state index in [4.69, 9.17) is 4.74 Å². The molecule has 0 spiro atoms. The van der Waals surface area contributed by atoms with E-state index in [1.165, 1.54) is 12.1 Å². The minimum Gasteiger partial charge on any atom is -0.489 e. The standard InChI is InChI=1S/C22H17FN2O3/c23-17-9-5-15(6-10-17)14-28-18-11-7-16(8-12-18)22-24-19-3-1-2-4-20(19)25(22)13-21(26)27/h1-12H,13-14H2,(H,26,27). The lowest BCUT2D eigenvalue weighted by Gasteiger charge is -2.09. The van der Waals surface area contributed by atoms with Crippen LogP contribution in [0, 0.1) is 5.82 Å². The van der Waals surface area contributed by atoms with Crippen LogP contribution in [0.15, 0.2) is 72.8 Å². The predicted octanol–water partition coefficient (Wildman–Crippen LogP) is 4.51. The number of carboxylic acid groups (broad SMARTS) is 1. The summed E-state index contributed by atoms with van der Waals surface area (Å²) in [7, 11) is 0. The number of hydrogen-bond donors (Lipinski definition) is 1. The van der Waals surface area contributed by atoms with Crippen LogP contribution in [0.1, 0.15) is 5.56 Å². The van der Waals surface area contributed by atoms with E-state index in [1.54, 1.807) is 16.7 Å². The van der Waals surface area contributed by atoms with Crippen LogP contribution in [-0.4, -0.2) is 20.6 Å². The van der Waals surface area contributed by atoms with Crippen molar-refractivity contribution in [2.45, 2.75) is 13.2 Å². The quantitative estimate of drug-likeness (QED) is 0.538. The molecule has 1 N–H and O–H groups in total. The first-order valence-corrected chi connectivity index (χ1v) is 8.75. The number of fused-ring (bicyclic) bond motifs is 1. The molecule has 0 saturated heterocycles. The zero-order chi connectivity index (χ0) is 19.5. The van der Waals surface area contributed by atoms with Gasteiger partial charge in [0.05, 0.1) is 11.0 Å². The number of rotatable bonds is 6. The Morgan fingerprint density at radius 1 is 1.00 bits per heavy atom. The summed E-state index contributed by atoms with van der Waals surface area (Å²) in [5.74, 6) is 0.0451. The fraction of sp³-hybridized carbons (Fsp3) is 0.0909. The highest BCUT2D eigenvalue weighted by Crippen LogP contribution is 2.26. The summed E-state index contributed by atoms with van der Waals surface area (Å²) < 4.78 is 20.4. The highest BCUT2D eigenvalue weighted by Gasteiger charge is 2.14. The average molecular weight is 376 g/mol. The minimum atomic E-state index is -0.927. The highest BCUT2D eigenvalue weighted by atomic mass is 19.1. The summed E-state index contributed by atoms with van der Waals surface area (Å²) in [4.78, 5) is 15.9. The van der Waals surface area contributed by atoms with Crippen LogP contribution in [0.4, 0.5) is 4.39 Å². The fourth-order valence-corrected chi connectivity index (χ4v) is 3.04. The van der Waals surface area contributed by atoms with Crippen molar-refractivity contribution in [1.82, 2.24) is 9.55 Å². The average Bonchev–Trinajstić information content (AvgIpc) is 3.06. The maximum absolute atomic E-state index is 13.0. The van der Waals surface area contributed by atoms with E-state index >= 15 is 0 Å². The second kappa shape index (κ2) is 7.52. The van der Waals surface area contributed by atoms with Crippen molar-refractivity contribution in [1.29, 1.82) is 0 Å². The van der Waals surface area contributed by atoms with Gasteiger partial charge in [0.2, 0.25) is 0 Å². The predicted molar refractivity (Wildman–Crippen MR) is 104 cm³/mol. The van der Waals surface area contributed by atoms with E-state index in [0.717, 1.165) is 22.2 Å². The third kappa shape index (κ3) is 3.71. The Hall–Kier alpha value is -3.67. The zero-order valence-corrected chi connectivity index (χ0v) is 14.9. The van der Waals surface area contributed by atoms with Gasteiger partial charge in [-0.2, -0.15) is 0 Å². The van der Waals surface area contributed by atoms with Crippen LogP contribution in [0.25, 0.3) is 22.4 Å². The molecule has 0 atom stereocenters. The first-order valence-electron chi connectivity index (χ1n) is 8.75. The minimum absolute atomic E-state index is 0.168. The number of aromatic nitrogens is 2. The smallest absolute Gasteiger partial charge is 0.323 e. The van der Waals surface area contributed by atoms with Crippen molar-refractivity contribution < 1.29 is 19.0 Å². The highest BCUT2D eigenvalue weighted by molar-refractivity contribution is 5.82. The Morgan fingerprint density at radius 2 is 1.71 bits per heavy atom. The molecular formula is C22H17FN2O3. The Morgan fingerprint density at radius 3 is 2.43 bits per heavy atom. The molecule has 1 heterocycles. The number of imidazole rings is 1. The molecule has 0 fully saturated rings. The number of halogens is 1. The summed E-state index contributed by atoms with van der Waals surface area (Å²) >= 11 is 0. The van der Waals surface area contributed by atoms with Crippen molar-refractivity contribution >= 4 is 17.0 Å². The molecule has 28 heavy (non-hydrogen) atoms. The van der Waals surface area contributed by atoms with E-state index in [9.17, 15) is 14.3 Å². The van der Waals surface area contributed by atoms with Gasteiger partial charge in [-0.05, 0) is 54.1 Å². The Kier molecular flexibility index (Phi) is 4.76. The molecule has 0 bridgehead atoms. The molecule has 1 aromatic heterocycles. The van der Waals surface area contributed by atoms with Gasteiger partial charge in [-0.15, -0.1) is 0 Å². The van der Waals surface area contributed by atoms with Gasteiger partial charge in [-0.25, -0.2) is 9.37 Å². The van der Waals surface area contributed by atoms with Crippen LogP contribution in [0.5, 0.6) is 5.75 Å². The van der Waals surface area contributed by atoms with Gasteiger partial charge < -0.3 is 14.4 Å². The van der Waals surface area contributed by atoms with Crippen LogP contribution in [0.3, 0.4) is 0 Å². The van der Waals surface area contributed by atoms with E-state index in [-0.39, 0.29) is 12.4 Å². The second-order valence-electron chi connectivity index (χ2n) is 6.34. The second-order valence-corrected chi connectivity index (χ2v) is 6.34. The first-order chi connectivity index (χ1) is 13.6. The van der Waals surface area contributed by atoms with Gasteiger partial charge in [0.1, 0.15) is 30.5 Å². The number of hydrogen-bond acceptors (Lipinski definition) is 3. The summed E-state index contributed by atoms with van der Waals surface area (Å²) in [6.45, 7) is 0.163. The molecule has 5 nitrogen and oxygen atoms in total. The molecule has 6 heteroatoms. The normalized spacial score (nSPS) is 10.9. The number of nitrogens with zero attached hydrogens (tertiary/aromatic N) is 2. The number of para-hydroxylation sites is 2. The summed E-state index contributed by atoms with van der Waals surface area (Å²) in [6, 6.07) is 20.9. The van der Waals surface area contributed by atoms with E-state index in [2.05, 4.69) is 4.98 Å². The van der Waals surface area contributed by atoms with Crippen molar-refractivity contribution in [3.63, 3.8) is 0 Å². The van der Waals surface area contributed by atoms with E-state index in [0.29, 0.717) is 18.2 Å². The van der Waals surface area contributed by atoms with E-state index < -0.39 is 5.97 Å². The number of benzene rings is 3. The Bertz CT molecular complexity index is 1120. The number of ether oxygens (including phenoxy) is 1. The number of aliphatic carboxylic acids is 1. The van der Waals surface area contributed by atoms with Crippen molar-refractivity contribution in [2.24, 2.45) is 0 Å². The third-order valence-electron chi connectivity index (χ3n) is 4.38. The molecule has 0 unspecified atom stereocenters. The van der Waals surface area contributed by atoms with Crippen LogP contribution in [-0.2, 0) is 17.9 Å². The molecule has 0 aliphatic heterocycles. The van der Waals surface area contributed by atoms with E-state index in [1.807, 2.05) is 48.5 Å². The summed E-state index contributed by atoms with van der Waals surface area (Å²) in [5, 5.41) is 9.26. The molecule has 0 aliphatic carbocycles. The van der Waals surface area contributed by atoms with Crippen molar-refractivity contribution in [2.75, 3.05) is 0 Å². The molecule has 140 valence electrons. The summed E-state index contributed by atoms with van der Waals surface area (Å²) in [6.07, 6.45) is 0. The topological polar surface area (TPSA) is 64.3 Å². The van der Waals surface area contributed by atoms with Crippen molar-refractivity contribution in [3.05, 3.63) is 84.2 Å². The van der Waals surface area contributed by atoms with Crippen LogP contribution < -0.4 is 4.74 Å². The lowest BCUT2D eigenvalue weighted by Crippen LogP contribution is -2.10. The largest absolute Gasteiger partial charge is 0.489 e. The Labute approximate surface area is 160 Å². The van der Waals surface area contributed by atoms with Crippen LogP contribution >= 0.6 is 0 Å². The molecule has 4 aromatic rings. The first kappa shape index (κ1) is 17.7. The van der Waals surface area contributed by atoms with Gasteiger partial charge >= 0.3 is 5.97 Å². The maximum Gasteiger partial charge on any atom is 0.323 e. The molecule has 0 amide bonds. The molecule has 0 saturated carbocycles. The van der Waals surface area contributed by atoms with Crippen molar-refractivity contribution in [3.8, 4) is 17.1 Å². The summed E-state index contributed by atoms with van der Waals surface area (Å²) in [5.41, 5.74) is 3.19. The maximum atomic E-state index is 13.0. The SMILES string of the molecule is O=C(O)Cn1c(-c2ccc(OCc3ccc(F)cc3)cc2)nc2ccccc21. The molecule has 0 aliphatic rings.